The zero-order valence-corrected chi connectivity index (χ0v) is 15.4. The fraction of sp³-hybridized carbons (Fsp3) is 0.111. The highest BCUT2D eigenvalue weighted by atomic mass is 35.5. The molecule has 25 heavy (non-hydrogen) atoms. The average molecular weight is 390 g/mol. The third-order valence-electron chi connectivity index (χ3n) is 3.96. The zero-order chi connectivity index (χ0) is 17.4. The summed E-state index contributed by atoms with van der Waals surface area (Å²) in [5, 5.41) is 1.31. The fourth-order valence-corrected chi connectivity index (χ4v) is 3.93. The topological polar surface area (TPSA) is 37.6 Å². The van der Waals surface area contributed by atoms with E-state index in [4.69, 9.17) is 23.2 Å². The van der Waals surface area contributed by atoms with E-state index in [2.05, 4.69) is 4.99 Å². The molecule has 0 N–H and O–H groups in total. The third-order valence-corrected chi connectivity index (χ3v) is 5.60. The normalized spacial score (nSPS) is 14.3. The van der Waals surface area contributed by atoms with Gasteiger partial charge in [0.25, 0.3) is 5.56 Å². The number of aromatic nitrogens is 1. The maximum atomic E-state index is 12.8. The summed E-state index contributed by atoms with van der Waals surface area (Å²) in [6, 6.07) is 15.0. The first-order valence-electron chi connectivity index (χ1n) is 7.63. The standard InChI is InChI=1S/C18H13Cl2N3OS/c19-13-5-7-14(8-6-13)22-10-21-18-23(11-22)17(24)16(25-18)9-12-3-1-2-4-15(12)20/h1-9H,10-11H2/b16-9+. The number of benzene rings is 2. The van der Waals surface area contributed by atoms with Crippen molar-refractivity contribution in [1.29, 1.82) is 0 Å². The van der Waals surface area contributed by atoms with Gasteiger partial charge < -0.3 is 4.90 Å². The number of fused-ring (bicyclic) bond motifs is 1. The second-order valence-electron chi connectivity index (χ2n) is 5.61. The van der Waals surface area contributed by atoms with E-state index in [0.717, 1.165) is 16.1 Å². The molecule has 0 saturated heterocycles. The summed E-state index contributed by atoms with van der Waals surface area (Å²) in [5.74, 6) is 0. The van der Waals surface area contributed by atoms with Crippen molar-refractivity contribution in [3.63, 3.8) is 0 Å². The molecule has 4 rings (SSSR count). The van der Waals surface area contributed by atoms with Crippen molar-refractivity contribution in [2.75, 3.05) is 11.6 Å². The van der Waals surface area contributed by atoms with Crippen molar-refractivity contribution < 1.29 is 0 Å². The molecule has 2 heterocycles. The lowest BCUT2D eigenvalue weighted by Gasteiger charge is -2.25. The average Bonchev–Trinajstić information content (AvgIpc) is 2.93. The van der Waals surface area contributed by atoms with E-state index in [0.29, 0.717) is 27.9 Å². The molecule has 3 aromatic rings. The molecule has 126 valence electrons. The van der Waals surface area contributed by atoms with Gasteiger partial charge in [0.1, 0.15) is 13.3 Å². The number of anilines is 1. The SMILES string of the molecule is O=c1/c(=C\c2ccccc2Cl)sc2n1CN(c1ccc(Cl)cc1)CN=2. The number of halogens is 2. The van der Waals surface area contributed by atoms with Crippen molar-refractivity contribution in [2.45, 2.75) is 6.67 Å². The monoisotopic (exact) mass is 389 g/mol. The van der Waals surface area contributed by atoms with Gasteiger partial charge in [0.2, 0.25) is 0 Å². The van der Waals surface area contributed by atoms with Gasteiger partial charge in [-0.3, -0.25) is 9.36 Å². The molecule has 0 amide bonds. The van der Waals surface area contributed by atoms with Crippen LogP contribution < -0.4 is 19.8 Å². The molecule has 0 saturated carbocycles. The Morgan fingerprint density at radius 1 is 1.08 bits per heavy atom. The van der Waals surface area contributed by atoms with Gasteiger partial charge in [0, 0.05) is 15.7 Å². The summed E-state index contributed by atoms with van der Waals surface area (Å²) in [6.45, 7) is 0.972. The lowest BCUT2D eigenvalue weighted by molar-refractivity contribution is 0.569. The number of hydrogen-bond acceptors (Lipinski definition) is 4. The van der Waals surface area contributed by atoms with Crippen molar-refractivity contribution in [3.05, 3.63) is 83.8 Å². The summed E-state index contributed by atoms with van der Waals surface area (Å²) >= 11 is 13.5. The van der Waals surface area contributed by atoms with Gasteiger partial charge in [-0.05, 0) is 42.0 Å². The van der Waals surface area contributed by atoms with Gasteiger partial charge in [-0.25, -0.2) is 4.99 Å². The van der Waals surface area contributed by atoms with Crippen LogP contribution in [0.5, 0.6) is 0 Å². The summed E-state index contributed by atoms with van der Waals surface area (Å²) in [4.78, 5) is 20.0. The Kier molecular flexibility index (Phi) is 4.37. The van der Waals surface area contributed by atoms with Crippen LogP contribution in [0.25, 0.3) is 6.08 Å². The molecule has 0 spiro atoms. The van der Waals surface area contributed by atoms with Crippen LogP contribution in [-0.4, -0.2) is 11.2 Å². The molecule has 0 fully saturated rings. The molecule has 7 heteroatoms. The minimum absolute atomic E-state index is 0.0534. The van der Waals surface area contributed by atoms with Crippen molar-refractivity contribution in [1.82, 2.24) is 4.57 Å². The van der Waals surface area contributed by atoms with E-state index in [1.54, 1.807) is 4.57 Å². The van der Waals surface area contributed by atoms with E-state index in [1.165, 1.54) is 11.3 Å². The lowest BCUT2D eigenvalue weighted by Crippen LogP contribution is -2.42. The Balaban J connectivity index is 1.73. The first-order chi connectivity index (χ1) is 12.1. The van der Waals surface area contributed by atoms with Crippen LogP contribution in [0, 0.1) is 0 Å². The van der Waals surface area contributed by atoms with Crippen LogP contribution >= 0.6 is 34.5 Å². The van der Waals surface area contributed by atoms with Gasteiger partial charge in [-0.2, -0.15) is 0 Å². The molecule has 1 aromatic heterocycles. The Morgan fingerprint density at radius 3 is 2.60 bits per heavy atom. The van der Waals surface area contributed by atoms with E-state index in [1.807, 2.05) is 59.5 Å². The van der Waals surface area contributed by atoms with Crippen molar-refractivity contribution >= 4 is 46.3 Å². The second kappa shape index (κ2) is 6.67. The molecule has 0 bridgehead atoms. The molecule has 0 radical (unpaired) electrons. The van der Waals surface area contributed by atoms with Crippen LogP contribution in [0.4, 0.5) is 5.69 Å². The molecular weight excluding hydrogens is 377 g/mol. The van der Waals surface area contributed by atoms with Gasteiger partial charge in [0.15, 0.2) is 4.80 Å². The third kappa shape index (κ3) is 3.23. The largest absolute Gasteiger partial charge is 0.334 e. The summed E-state index contributed by atoms with van der Waals surface area (Å²) in [6.07, 6.45) is 1.82. The highest BCUT2D eigenvalue weighted by Crippen LogP contribution is 2.19. The molecule has 0 unspecified atom stereocenters. The van der Waals surface area contributed by atoms with Crippen molar-refractivity contribution in [3.8, 4) is 0 Å². The number of hydrogen-bond donors (Lipinski definition) is 0. The summed E-state index contributed by atoms with van der Waals surface area (Å²) < 4.78 is 2.32. The van der Waals surface area contributed by atoms with Gasteiger partial charge >= 0.3 is 0 Å². The molecule has 2 aromatic carbocycles. The van der Waals surface area contributed by atoms with Crippen LogP contribution in [0.1, 0.15) is 5.56 Å². The Hall–Kier alpha value is -2.08. The van der Waals surface area contributed by atoms with Gasteiger partial charge in [0.05, 0.1) is 4.53 Å². The molecule has 1 aliphatic rings. The predicted octanol–water partition coefficient (Wildman–Crippen LogP) is 3.10. The molecular formula is C18H13Cl2N3OS. The highest BCUT2D eigenvalue weighted by Gasteiger charge is 2.16. The Labute approximate surface area is 157 Å². The number of thiazole rings is 1. The first-order valence-corrected chi connectivity index (χ1v) is 9.20. The van der Waals surface area contributed by atoms with Crippen molar-refractivity contribution in [2.24, 2.45) is 4.99 Å². The van der Waals surface area contributed by atoms with Crippen LogP contribution in [0.2, 0.25) is 10.0 Å². The summed E-state index contributed by atoms with van der Waals surface area (Å²) in [7, 11) is 0. The maximum Gasteiger partial charge on any atom is 0.271 e. The quantitative estimate of drug-likeness (QED) is 0.675. The van der Waals surface area contributed by atoms with E-state index in [-0.39, 0.29) is 5.56 Å². The summed E-state index contributed by atoms with van der Waals surface area (Å²) in [5.41, 5.74) is 1.76. The Bertz CT molecular complexity index is 1100. The van der Waals surface area contributed by atoms with Crippen LogP contribution in [0.3, 0.4) is 0 Å². The number of rotatable bonds is 2. The highest BCUT2D eigenvalue weighted by molar-refractivity contribution is 7.07. The Morgan fingerprint density at radius 2 is 1.84 bits per heavy atom. The minimum atomic E-state index is -0.0534. The smallest absolute Gasteiger partial charge is 0.271 e. The zero-order valence-electron chi connectivity index (χ0n) is 13.0. The minimum Gasteiger partial charge on any atom is -0.334 e. The molecule has 0 aliphatic carbocycles. The number of nitrogens with zero attached hydrogens (tertiary/aromatic N) is 3. The fourth-order valence-electron chi connectivity index (χ4n) is 2.66. The van der Waals surface area contributed by atoms with Gasteiger partial charge in [-0.15, -0.1) is 0 Å². The van der Waals surface area contributed by atoms with E-state index in [9.17, 15) is 4.79 Å². The maximum absolute atomic E-state index is 12.8. The van der Waals surface area contributed by atoms with E-state index >= 15 is 0 Å². The predicted molar refractivity (Wildman–Crippen MR) is 103 cm³/mol. The lowest BCUT2D eigenvalue weighted by atomic mass is 10.2. The van der Waals surface area contributed by atoms with Crippen LogP contribution in [0.15, 0.2) is 58.3 Å². The van der Waals surface area contributed by atoms with Crippen LogP contribution in [-0.2, 0) is 6.67 Å². The molecule has 4 nitrogen and oxygen atoms in total. The second-order valence-corrected chi connectivity index (χ2v) is 7.46. The van der Waals surface area contributed by atoms with Gasteiger partial charge in [-0.1, -0.05) is 52.7 Å². The molecule has 1 aliphatic heterocycles. The molecule has 0 atom stereocenters. The first kappa shape index (κ1) is 16.4. The van der Waals surface area contributed by atoms with E-state index < -0.39 is 0 Å².